The second-order valence-electron chi connectivity index (χ2n) is 3.30. The molecule has 56 valence electrons. The van der Waals surface area contributed by atoms with Crippen LogP contribution in [0.3, 0.4) is 0 Å². The van der Waals surface area contributed by atoms with Gasteiger partial charge >= 0.3 is 19.5 Å². The van der Waals surface area contributed by atoms with E-state index in [0.717, 1.165) is 6.42 Å². The molecule has 0 spiro atoms. The van der Waals surface area contributed by atoms with Gasteiger partial charge < -0.3 is 0 Å². The van der Waals surface area contributed by atoms with Crippen molar-refractivity contribution in [2.75, 3.05) is 0 Å². The Balaban J connectivity index is 0.000000810. The molecule has 10 heavy (non-hydrogen) atoms. The van der Waals surface area contributed by atoms with Crippen LogP contribution in [0.5, 0.6) is 0 Å². The molecule has 0 saturated heterocycles. The minimum atomic E-state index is 0. The smallest absolute Gasteiger partial charge is 0.266 e. The van der Waals surface area contributed by atoms with Gasteiger partial charge in [0.05, 0.1) is 0 Å². The molecule has 0 radical (unpaired) electrons. The fourth-order valence-corrected chi connectivity index (χ4v) is 1.16. The van der Waals surface area contributed by atoms with Crippen molar-refractivity contribution in [3.8, 4) is 0 Å². The monoisotopic (exact) mass is 223 g/mol. The van der Waals surface area contributed by atoms with Gasteiger partial charge in [0.15, 0.2) is 0 Å². The molecule has 0 nitrogen and oxygen atoms in total. The fraction of sp³-hybridized carbons (Fsp3) is 0.556. The van der Waals surface area contributed by atoms with Crippen molar-refractivity contribution in [1.82, 2.24) is 0 Å². The number of hydrogen-bond acceptors (Lipinski definition) is 0. The summed E-state index contributed by atoms with van der Waals surface area (Å²) in [6.07, 6.45) is 8.86. The summed E-state index contributed by atoms with van der Waals surface area (Å²) in [6, 6.07) is 0. The zero-order valence-electron chi connectivity index (χ0n) is 6.72. The largest absolute Gasteiger partial charge is 2.00 e. The third-order valence-electron chi connectivity index (χ3n) is 1.53. The molecule has 0 heterocycles. The van der Waals surface area contributed by atoms with Crippen LogP contribution in [-0.4, -0.2) is 0 Å². The Kier molecular flexibility index (Phi) is 3.52. The Bertz CT molecular complexity index is 164. The van der Waals surface area contributed by atoms with E-state index in [2.05, 4.69) is 39.0 Å². The van der Waals surface area contributed by atoms with Crippen LogP contribution in [0.15, 0.2) is 17.7 Å². The Hall–Kier alpha value is 0.103. The molecule has 0 saturated carbocycles. The van der Waals surface area contributed by atoms with Gasteiger partial charge in [0.1, 0.15) is 0 Å². The molecule has 1 aliphatic rings. The van der Waals surface area contributed by atoms with Crippen molar-refractivity contribution < 1.29 is 19.5 Å². The van der Waals surface area contributed by atoms with E-state index in [1.807, 2.05) is 0 Å². The summed E-state index contributed by atoms with van der Waals surface area (Å²) >= 11 is 0. The first-order chi connectivity index (χ1) is 4.10. The van der Waals surface area contributed by atoms with Crippen molar-refractivity contribution >= 4 is 0 Å². The van der Waals surface area contributed by atoms with Gasteiger partial charge in [-0.3, -0.25) is 6.08 Å². The van der Waals surface area contributed by atoms with Gasteiger partial charge in [0.25, 0.3) is 0 Å². The second kappa shape index (κ2) is 3.48. The quantitative estimate of drug-likeness (QED) is 0.436. The van der Waals surface area contributed by atoms with E-state index < -0.39 is 0 Å². The fourth-order valence-electron chi connectivity index (χ4n) is 1.16. The normalized spacial score (nSPS) is 21.3. The topological polar surface area (TPSA) is 0 Å². The first-order valence-electron chi connectivity index (χ1n) is 3.38. The van der Waals surface area contributed by atoms with Crippen LogP contribution in [0.1, 0.15) is 27.2 Å². The average molecular weight is 222 g/mol. The van der Waals surface area contributed by atoms with Crippen molar-refractivity contribution in [3.05, 3.63) is 23.8 Å². The molecular weight excluding hydrogens is 209 g/mol. The van der Waals surface area contributed by atoms with E-state index >= 15 is 0 Å². The van der Waals surface area contributed by atoms with E-state index in [1.165, 1.54) is 5.57 Å². The average Bonchev–Trinajstić information content (AvgIpc) is 1.60. The van der Waals surface area contributed by atoms with Gasteiger partial charge in [-0.15, -0.1) is 0 Å². The molecule has 0 aliphatic heterocycles. The molecule has 0 N–H and O–H groups in total. The molecular formula is C9H13Ru+. The van der Waals surface area contributed by atoms with Crippen molar-refractivity contribution in [1.29, 1.82) is 0 Å². The van der Waals surface area contributed by atoms with Crippen LogP contribution in [0.4, 0.5) is 0 Å². The number of allylic oxidation sites excluding steroid dienone is 4. The Morgan fingerprint density at radius 3 is 2.40 bits per heavy atom. The Morgan fingerprint density at radius 1 is 1.50 bits per heavy atom. The standard InChI is InChI=1S/C9H13.Ru/c1-8-5-4-6-9(2,3)7-8;/h4-5H,6H2,1-3H3;/q-1;+2. The van der Waals surface area contributed by atoms with Crippen molar-refractivity contribution in [2.45, 2.75) is 27.2 Å². The predicted octanol–water partition coefficient (Wildman–Crippen LogP) is 2.72. The molecule has 0 fully saturated rings. The van der Waals surface area contributed by atoms with Gasteiger partial charge in [-0.2, -0.15) is 6.08 Å². The maximum Gasteiger partial charge on any atom is 2.00 e. The van der Waals surface area contributed by atoms with Gasteiger partial charge in [-0.05, 0) is 0 Å². The molecule has 1 rings (SSSR count). The van der Waals surface area contributed by atoms with Crippen LogP contribution in [-0.2, 0) is 19.5 Å². The minimum absolute atomic E-state index is 0. The second-order valence-corrected chi connectivity index (χ2v) is 3.30. The van der Waals surface area contributed by atoms with Gasteiger partial charge in [-0.25, -0.2) is 11.6 Å². The summed E-state index contributed by atoms with van der Waals surface area (Å²) in [7, 11) is 0. The summed E-state index contributed by atoms with van der Waals surface area (Å²) < 4.78 is 0. The molecule has 0 amide bonds. The van der Waals surface area contributed by atoms with E-state index in [1.54, 1.807) is 0 Å². The van der Waals surface area contributed by atoms with Crippen LogP contribution in [0, 0.1) is 11.5 Å². The summed E-state index contributed by atoms with van der Waals surface area (Å²) in [5.74, 6) is 0. The molecule has 1 aliphatic carbocycles. The summed E-state index contributed by atoms with van der Waals surface area (Å²) in [5.41, 5.74) is 1.55. The van der Waals surface area contributed by atoms with Gasteiger partial charge in [0, 0.05) is 0 Å². The van der Waals surface area contributed by atoms with E-state index in [0.29, 0.717) is 0 Å². The maximum absolute atomic E-state index is 3.39. The van der Waals surface area contributed by atoms with Crippen LogP contribution in [0.25, 0.3) is 0 Å². The molecule has 0 bridgehead atoms. The van der Waals surface area contributed by atoms with E-state index in [9.17, 15) is 0 Å². The molecule has 0 aromatic heterocycles. The SMILES string of the molecule is CC1=[C-]C(C)(C)CC=C1.[Ru+2]. The summed E-state index contributed by atoms with van der Waals surface area (Å²) in [4.78, 5) is 0. The maximum atomic E-state index is 3.39. The van der Waals surface area contributed by atoms with Gasteiger partial charge in [-0.1, -0.05) is 32.6 Å². The van der Waals surface area contributed by atoms with Crippen LogP contribution in [0.2, 0.25) is 0 Å². The zero-order valence-corrected chi connectivity index (χ0v) is 8.45. The van der Waals surface area contributed by atoms with Crippen molar-refractivity contribution in [2.24, 2.45) is 5.41 Å². The molecule has 1 heteroatoms. The van der Waals surface area contributed by atoms with Crippen molar-refractivity contribution in [3.63, 3.8) is 0 Å². The van der Waals surface area contributed by atoms with E-state index in [4.69, 9.17) is 0 Å². The Morgan fingerprint density at radius 2 is 2.10 bits per heavy atom. The first-order valence-corrected chi connectivity index (χ1v) is 3.38. The van der Waals surface area contributed by atoms with E-state index in [-0.39, 0.29) is 24.9 Å². The van der Waals surface area contributed by atoms with Crippen LogP contribution >= 0.6 is 0 Å². The molecule has 0 unspecified atom stereocenters. The molecule has 0 aromatic carbocycles. The summed E-state index contributed by atoms with van der Waals surface area (Å²) in [5, 5.41) is 0. The minimum Gasteiger partial charge on any atom is -0.266 e. The zero-order chi connectivity index (χ0) is 6.91. The number of hydrogen-bond donors (Lipinski definition) is 0. The third-order valence-corrected chi connectivity index (χ3v) is 1.53. The first kappa shape index (κ1) is 10.1. The number of rotatable bonds is 0. The third kappa shape index (κ3) is 2.79. The van der Waals surface area contributed by atoms with Gasteiger partial charge in [0.2, 0.25) is 0 Å². The summed E-state index contributed by atoms with van der Waals surface area (Å²) in [6.45, 7) is 6.51. The van der Waals surface area contributed by atoms with Crippen LogP contribution < -0.4 is 0 Å². The molecule has 0 aromatic rings. The predicted molar refractivity (Wildman–Crippen MR) is 40.0 cm³/mol. The molecule has 0 atom stereocenters. The Labute approximate surface area is 76.2 Å².